The Bertz CT molecular complexity index is 1430. The lowest BCUT2D eigenvalue weighted by Gasteiger charge is -2.15. The molecular weight excluding hydrogens is 624 g/mol. The fraction of sp³-hybridized carbons (Fsp3) is 0.185. The van der Waals surface area contributed by atoms with Gasteiger partial charge in [-0.1, -0.05) is 12.1 Å². The Hall–Kier alpha value is -3.45. The second-order valence-corrected chi connectivity index (χ2v) is 10.2. The molecule has 1 aliphatic heterocycles. The second kappa shape index (κ2) is 12.4. The molecule has 11 heteroatoms. The minimum Gasteiger partial charge on any atom is -0.490 e. The lowest BCUT2D eigenvalue weighted by atomic mass is 10.1. The zero-order valence-corrected chi connectivity index (χ0v) is 23.5. The van der Waals surface area contributed by atoms with E-state index in [4.69, 9.17) is 9.47 Å². The number of hydrogen-bond donors (Lipinski definition) is 0. The van der Waals surface area contributed by atoms with E-state index in [1.165, 1.54) is 36.0 Å². The molecule has 0 aliphatic carbocycles. The maximum Gasteiger partial charge on any atom is 0.269 e. The van der Waals surface area contributed by atoms with E-state index in [9.17, 15) is 19.3 Å². The predicted octanol–water partition coefficient (Wildman–Crippen LogP) is 6.94. The Balaban J connectivity index is 1.60. The summed E-state index contributed by atoms with van der Waals surface area (Å²) in [6, 6.07) is 15.7. The average molecular weight is 647 g/mol. The molecule has 0 saturated carbocycles. The quantitative estimate of drug-likeness (QED) is 0.108. The fourth-order valence-corrected chi connectivity index (χ4v) is 5.48. The molecule has 38 heavy (non-hydrogen) atoms. The van der Waals surface area contributed by atoms with Crippen molar-refractivity contribution in [2.24, 2.45) is 4.99 Å². The Labute approximate surface area is 236 Å². The van der Waals surface area contributed by atoms with Crippen LogP contribution in [0.1, 0.15) is 25.0 Å². The minimum absolute atomic E-state index is 0.00464. The highest BCUT2D eigenvalue weighted by atomic mass is 127. The monoisotopic (exact) mass is 647 g/mol. The van der Waals surface area contributed by atoms with Crippen molar-refractivity contribution in [2.45, 2.75) is 20.5 Å². The van der Waals surface area contributed by atoms with Crippen LogP contribution in [0.4, 0.5) is 15.8 Å². The normalized spacial score (nSPS) is 15.4. The van der Waals surface area contributed by atoms with E-state index in [1.54, 1.807) is 41.3 Å². The van der Waals surface area contributed by atoms with E-state index in [2.05, 4.69) is 27.6 Å². The number of carbonyl (C=O) groups excluding carboxylic acids is 1. The van der Waals surface area contributed by atoms with Crippen LogP contribution in [-0.4, -0.2) is 34.0 Å². The molecule has 196 valence electrons. The Kier molecular flexibility index (Phi) is 9.00. The molecule has 0 N–H and O–H groups in total. The van der Waals surface area contributed by atoms with E-state index < -0.39 is 4.92 Å². The highest BCUT2D eigenvalue weighted by Crippen LogP contribution is 2.38. The van der Waals surface area contributed by atoms with Gasteiger partial charge >= 0.3 is 0 Å². The number of halogens is 2. The van der Waals surface area contributed by atoms with Gasteiger partial charge in [0.1, 0.15) is 12.4 Å². The van der Waals surface area contributed by atoms with Gasteiger partial charge in [0, 0.05) is 18.7 Å². The summed E-state index contributed by atoms with van der Waals surface area (Å²) in [5, 5.41) is 11.6. The molecule has 0 bridgehead atoms. The molecule has 1 saturated heterocycles. The number of nitro groups is 1. The molecule has 8 nitrogen and oxygen atoms in total. The van der Waals surface area contributed by atoms with Crippen LogP contribution in [0.3, 0.4) is 0 Å². The van der Waals surface area contributed by atoms with Crippen molar-refractivity contribution in [1.82, 2.24) is 4.90 Å². The number of carbonyl (C=O) groups is 1. The van der Waals surface area contributed by atoms with Crippen molar-refractivity contribution in [3.8, 4) is 11.5 Å². The summed E-state index contributed by atoms with van der Waals surface area (Å²) in [6.07, 6.45) is 1.78. The fourth-order valence-electron chi connectivity index (χ4n) is 3.64. The summed E-state index contributed by atoms with van der Waals surface area (Å²) in [5.74, 6) is 0.492. The van der Waals surface area contributed by atoms with Crippen molar-refractivity contribution in [1.29, 1.82) is 0 Å². The van der Waals surface area contributed by atoms with E-state index in [1.807, 2.05) is 19.9 Å². The second-order valence-electron chi connectivity index (χ2n) is 8.01. The molecule has 1 aliphatic rings. The van der Waals surface area contributed by atoms with E-state index in [0.29, 0.717) is 46.0 Å². The molecule has 0 radical (unpaired) electrons. The first-order valence-electron chi connectivity index (χ1n) is 11.7. The van der Waals surface area contributed by atoms with Crippen molar-refractivity contribution in [2.75, 3.05) is 13.2 Å². The third kappa shape index (κ3) is 6.51. The predicted molar refractivity (Wildman–Crippen MR) is 154 cm³/mol. The van der Waals surface area contributed by atoms with Gasteiger partial charge in [0.2, 0.25) is 0 Å². The van der Waals surface area contributed by atoms with Crippen LogP contribution in [0, 0.1) is 19.5 Å². The average Bonchev–Trinajstić information content (AvgIpc) is 3.18. The Morgan fingerprint density at radius 3 is 2.58 bits per heavy atom. The van der Waals surface area contributed by atoms with Gasteiger partial charge in [0.25, 0.3) is 11.6 Å². The van der Waals surface area contributed by atoms with Crippen molar-refractivity contribution in [3.05, 3.63) is 96.2 Å². The number of amides is 1. The third-order valence-electron chi connectivity index (χ3n) is 5.39. The van der Waals surface area contributed by atoms with Gasteiger partial charge in [0.05, 0.1) is 25.7 Å². The van der Waals surface area contributed by atoms with Crippen LogP contribution in [0.25, 0.3) is 6.08 Å². The summed E-state index contributed by atoms with van der Waals surface area (Å²) in [4.78, 5) is 30.3. The molecule has 0 atom stereocenters. The van der Waals surface area contributed by atoms with Crippen LogP contribution >= 0.6 is 34.4 Å². The summed E-state index contributed by atoms with van der Waals surface area (Å²) >= 11 is 3.39. The van der Waals surface area contributed by atoms with Crippen LogP contribution in [-0.2, 0) is 11.4 Å². The smallest absolute Gasteiger partial charge is 0.269 e. The van der Waals surface area contributed by atoms with Crippen LogP contribution in [0.5, 0.6) is 11.5 Å². The van der Waals surface area contributed by atoms with Crippen LogP contribution < -0.4 is 9.47 Å². The maximum absolute atomic E-state index is 13.3. The minimum atomic E-state index is -0.445. The maximum atomic E-state index is 13.3. The van der Waals surface area contributed by atoms with Crippen molar-refractivity contribution in [3.63, 3.8) is 0 Å². The first-order valence-corrected chi connectivity index (χ1v) is 13.6. The Morgan fingerprint density at radius 1 is 1.13 bits per heavy atom. The molecule has 1 heterocycles. The number of aliphatic imine (C=N–C) groups is 1. The molecule has 0 spiro atoms. The SMILES string of the molecule is CCOc1cc(/C=C2/SC(=Nc3ccc(F)cc3)N(CC)C2=O)cc(I)c1OCc1cccc([N+](=O)[O-])c1. The highest BCUT2D eigenvalue weighted by molar-refractivity contribution is 14.1. The van der Waals surface area contributed by atoms with E-state index in [0.717, 1.165) is 9.13 Å². The van der Waals surface area contributed by atoms with Gasteiger partial charge in [-0.2, -0.15) is 0 Å². The third-order valence-corrected chi connectivity index (χ3v) is 7.20. The lowest BCUT2D eigenvalue weighted by Crippen LogP contribution is -2.28. The lowest BCUT2D eigenvalue weighted by molar-refractivity contribution is -0.384. The summed E-state index contributed by atoms with van der Waals surface area (Å²) < 4.78 is 25.9. The zero-order valence-electron chi connectivity index (χ0n) is 20.5. The van der Waals surface area contributed by atoms with Crippen LogP contribution in [0.2, 0.25) is 0 Å². The van der Waals surface area contributed by atoms with E-state index in [-0.39, 0.29) is 24.0 Å². The number of non-ortho nitro benzene ring substituents is 1. The number of hydrogen-bond acceptors (Lipinski definition) is 7. The van der Waals surface area contributed by atoms with Gasteiger partial charge in [0.15, 0.2) is 16.7 Å². The summed E-state index contributed by atoms with van der Waals surface area (Å²) in [5.41, 5.74) is 1.95. The molecule has 0 unspecified atom stereocenters. The molecular formula is C27H23FIN3O5S. The van der Waals surface area contributed by atoms with Gasteiger partial charge in [-0.05, 0) is 102 Å². The number of ether oxygens (including phenoxy) is 2. The number of rotatable bonds is 9. The van der Waals surface area contributed by atoms with Gasteiger partial charge in [-0.3, -0.25) is 19.8 Å². The number of thioether (sulfide) groups is 1. The first kappa shape index (κ1) is 27.6. The zero-order chi connectivity index (χ0) is 27.2. The van der Waals surface area contributed by atoms with Gasteiger partial charge in [-0.25, -0.2) is 9.38 Å². The number of benzene rings is 3. The standard InChI is InChI=1S/C27H23FIN3O5S/c1-3-31-26(33)24(38-27(31)30-20-10-8-19(28)9-11-20)15-18-13-22(29)25(23(14-18)36-4-2)37-16-17-6-5-7-21(12-17)32(34)35/h5-15H,3-4,16H2,1-2H3/b24-15+,30-27?. The summed E-state index contributed by atoms with van der Waals surface area (Å²) in [6.45, 7) is 4.69. The molecule has 3 aromatic carbocycles. The number of nitrogens with zero attached hydrogens (tertiary/aromatic N) is 3. The number of nitro benzene ring substituents is 1. The molecule has 0 aromatic heterocycles. The highest BCUT2D eigenvalue weighted by Gasteiger charge is 2.32. The number of likely N-dealkylation sites (N-methyl/N-ethyl adjacent to an activating group) is 1. The Morgan fingerprint density at radius 2 is 1.89 bits per heavy atom. The largest absolute Gasteiger partial charge is 0.490 e. The topological polar surface area (TPSA) is 94.3 Å². The van der Waals surface area contributed by atoms with Gasteiger partial charge in [-0.15, -0.1) is 0 Å². The first-order chi connectivity index (χ1) is 18.3. The molecule has 3 aromatic rings. The van der Waals surface area contributed by atoms with Gasteiger partial charge < -0.3 is 9.47 Å². The van der Waals surface area contributed by atoms with Crippen LogP contribution in [0.15, 0.2) is 70.6 Å². The molecule has 1 amide bonds. The number of amidine groups is 1. The van der Waals surface area contributed by atoms with Crippen molar-refractivity contribution < 1.29 is 23.6 Å². The van der Waals surface area contributed by atoms with Crippen molar-refractivity contribution >= 4 is 62.9 Å². The molecule has 1 fully saturated rings. The molecule has 4 rings (SSSR count). The summed E-state index contributed by atoms with van der Waals surface area (Å²) in [7, 11) is 0. The van der Waals surface area contributed by atoms with E-state index >= 15 is 0 Å².